The molecule has 0 aromatic carbocycles. The highest BCUT2D eigenvalue weighted by atomic mass is 16.6. The van der Waals surface area contributed by atoms with Crippen LogP contribution in [0.2, 0.25) is 0 Å². The maximum Gasteiger partial charge on any atom is 0.306 e. The number of ether oxygens (including phenoxy) is 3. The Labute approximate surface area is 345 Å². The van der Waals surface area contributed by atoms with E-state index in [2.05, 4.69) is 81.5 Å². The Bertz CT molecular complexity index is 1040. The number of rotatable bonds is 41. The Kier molecular flexibility index (Phi) is 42.5. The van der Waals surface area contributed by atoms with Gasteiger partial charge in [0, 0.05) is 19.3 Å². The number of esters is 3. The molecule has 0 aliphatic rings. The van der Waals surface area contributed by atoms with Gasteiger partial charge in [-0.25, -0.2) is 0 Å². The molecule has 56 heavy (non-hydrogen) atoms. The number of carbonyl (C=O) groups excluding carboxylic acids is 3. The van der Waals surface area contributed by atoms with Crippen molar-refractivity contribution in [1.82, 2.24) is 0 Å². The van der Waals surface area contributed by atoms with Crippen molar-refractivity contribution in [2.24, 2.45) is 0 Å². The molecule has 6 heteroatoms. The summed E-state index contributed by atoms with van der Waals surface area (Å²) < 4.78 is 16.7. The van der Waals surface area contributed by atoms with Gasteiger partial charge in [0.05, 0.1) is 0 Å². The van der Waals surface area contributed by atoms with Crippen LogP contribution in [-0.4, -0.2) is 37.2 Å². The second-order valence-corrected chi connectivity index (χ2v) is 15.3. The lowest BCUT2D eigenvalue weighted by molar-refractivity contribution is -0.167. The van der Waals surface area contributed by atoms with E-state index in [-0.39, 0.29) is 37.5 Å². The Hall–Kier alpha value is -2.89. The largest absolute Gasteiger partial charge is 0.462 e. The summed E-state index contributed by atoms with van der Waals surface area (Å²) in [6.45, 7) is 6.36. The van der Waals surface area contributed by atoms with Crippen LogP contribution in [0.25, 0.3) is 0 Å². The molecule has 0 aromatic rings. The monoisotopic (exact) mass is 783 g/mol. The molecule has 0 radical (unpaired) electrons. The number of carbonyl (C=O) groups is 3. The molecule has 0 fully saturated rings. The molecule has 6 nitrogen and oxygen atoms in total. The summed E-state index contributed by atoms with van der Waals surface area (Å²) in [5.41, 5.74) is 0. The fraction of sp³-hybridized carbons (Fsp3) is 0.740. The summed E-state index contributed by atoms with van der Waals surface area (Å²) in [6, 6.07) is 0. The molecule has 322 valence electrons. The van der Waals surface area contributed by atoms with Gasteiger partial charge in [0.1, 0.15) is 13.2 Å². The van der Waals surface area contributed by atoms with Crippen molar-refractivity contribution in [2.75, 3.05) is 13.2 Å². The van der Waals surface area contributed by atoms with Crippen LogP contribution in [0, 0.1) is 0 Å². The minimum atomic E-state index is -0.793. The maximum atomic E-state index is 12.7. The van der Waals surface area contributed by atoms with Crippen LogP contribution in [0.3, 0.4) is 0 Å². The molecule has 1 unspecified atom stereocenters. The van der Waals surface area contributed by atoms with E-state index in [1.54, 1.807) is 0 Å². The zero-order valence-electron chi connectivity index (χ0n) is 36.6. The van der Waals surface area contributed by atoms with Crippen molar-refractivity contribution < 1.29 is 28.6 Å². The topological polar surface area (TPSA) is 78.9 Å². The molecule has 0 rings (SSSR count). The first-order valence-corrected chi connectivity index (χ1v) is 23.3. The van der Waals surface area contributed by atoms with Gasteiger partial charge in [-0.1, -0.05) is 184 Å². The zero-order valence-corrected chi connectivity index (χ0v) is 36.6. The lowest BCUT2D eigenvalue weighted by Gasteiger charge is -2.18. The van der Waals surface area contributed by atoms with Crippen molar-refractivity contribution >= 4 is 17.9 Å². The van der Waals surface area contributed by atoms with Crippen LogP contribution in [0.5, 0.6) is 0 Å². The van der Waals surface area contributed by atoms with E-state index < -0.39 is 6.10 Å². The smallest absolute Gasteiger partial charge is 0.306 e. The van der Waals surface area contributed by atoms with E-state index in [4.69, 9.17) is 14.2 Å². The molecule has 0 amide bonds. The summed E-state index contributed by atoms with van der Waals surface area (Å²) >= 11 is 0. The second-order valence-electron chi connectivity index (χ2n) is 15.3. The fourth-order valence-electron chi connectivity index (χ4n) is 6.32. The Morgan fingerprint density at radius 2 is 0.696 bits per heavy atom. The first kappa shape index (κ1) is 53.1. The quantitative estimate of drug-likeness (QED) is 0.0266. The van der Waals surface area contributed by atoms with Crippen LogP contribution in [0.15, 0.2) is 60.8 Å². The first-order chi connectivity index (χ1) is 27.5. The van der Waals surface area contributed by atoms with Crippen molar-refractivity contribution in [3.05, 3.63) is 60.8 Å². The van der Waals surface area contributed by atoms with Gasteiger partial charge in [0.15, 0.2) is 6.10 Å². The van der Waals surface area contributed by atoms with Crippen LogP contribution >= 0.6 is 0 Å². The van der Waals surface area contributed by atoms with Crippen LogP contribution in [0.4, 0.5) is 0 Å². The van der Waals surface area contributed by atoms with E-state index in [0.717, 1.165) is 89.9 Å². The Morgan fingerprint density at radius 3 is 1.12 bits per heavy atom. The third-order valence-corrected chi connectivity index (χ3v) is 9.77. The highest BCUT2D eigenvalue weighted by molar-refractivity contribution is 5.71. The molecule has 0 aliphatic heterocycles. The predicted octanol–water partition coefficient (Wildman–Crippen LogP) is 14.9. The molecular weight excluding hydrogens is 697 g/mol. The van der Waals surface area contributed by atoms with Gasteiger partial charge in [-0.3, -0.25) is 14.4 Å². The summed E-state index contributed by atoms with van der Waals surface area (Å²) in [5.74, 6) is -0.941. The molecule has 0 N–H and O–H groups in total. The zero-order chi connectivity index (χ0) is 40.8. The summed E-state index contributed by atoms with van der Waals surface area (Å²) in [7, 11) is 0. The minimum Gasteiger partial charge on any atom is -0.462 e. The van der Waals surface area contributed by atoms with Crippen LogP contribution in [0.1, 0.15) is 220 Å². The van der Waals surface area contributed by atoms with Crippen molar-refractivity contribution in [2.45, 2.75) is 226 Å². The van der Waals surface area contributed by atoms with E-state index in [1.807, 2.05) is 0 Å². The molecular formula is C50H86O6. The van der Waals surface area contributed by atoms with E-state index in [0.29, 0.717) is 19.3 Å². The minimum absolute atomic E-state index is 0.0910. The molecule has 0 aromatic heterocycles. The number of unbranched alkanes of at least 4 members (excludes halogenated alkanes) is 20. The van der Waals surface area contributed by atoms with Crippen LogP contribution < -0.4 is 0 Å². The maximum absolute atomic E-state index is 12.7. The number of allylic oxidation sites excluding steroid dienone is 10. The van der Waals surface area contributed by atoms with Gasteiger partial charge >= 0.3 is 17.9 Å². The molecule has 0 heterocycles. The van der Waals surface area contributed by atoms with Gasteiger partial charge in [0.2, 0.25) is 0 Å². The van der Waals surface area contributed by atoms with Gasteiger partial charge in [-0.15, -0.1) is 0 Å². The third kappa shape index (κ3) is 42.3. The lowest BCUT2D eigenvalue weighted by atomic mass is 10.0. The van der Waals surface area contributed by atoms with Gasteiger partial charge in [-0.05, 0) is 77.0 Å². The van der Waals surface area contributed by atoms with Crippen molar-refractivity contribution in [3.63, 3.8) is 0 Å². The number of hydrogen-bond acceptors (Lipinski definition) is 6. The Morgan fingerprint density at radius 1 is 0.375 bits per heavy atom. The average molecular weight is 783 g/mol. The molecule has 0 bridgehead atoms. The summed E-state index contributed by atoms with van der Waals surface area (Å²) in [5, 5.41) is 0. The summed E-state index contributed by atoms with van der Waals surface area (Å²) in [4.78, 5) is 37.8. The normalized spacial score (nSPS) is 12.6. The first-order valence-electron chi connectivity index (χ1n) is 23.3. The van der Waals surface area contributed by atoms with Crippen molar-refractivity contribution in [3.8, 4) is 0 Å². The molecule has 0 saturated carbocycles. The van der Waals surface area contributed by atoms with E-state index >= 15 is 0 Å². The van der Waals surface area contributed by atoms with Crippen molar-refractivity contribution in [1.29, 1.82) is 0 Å². The molecule has 0 spiro atoms. The van der Waals surface area contributed by atoms with Gasteiger partial charge in [-0.2, -0.15) is 0 Å². The van der Waals surface area contributed by atoms with Gasteiger partial charge in [0.25, 0.3) is 0 Å². The highest BCUT2D eigenvalue weighted by Crippen LogP contribution is 2.14. The summed E-state index contributed by atoms with van der Waals surface area (Å²) in [6.07, 6.45) is 53.5. The highest BCUT2D eigenvalue weighted by Gasteiger charge is 2.19. The predicted molar refractivity (Wildman–Crippen MR) is 238 cm³/mol. The molecule has 1 atom stereocenters. The fourth-order valence-corrected chi connectivity index (χ4v) is 6.32. The number of hydrogen-bond donors (Lipinski definition) is 0. The third-order valence-electron chi connectivity index (χ3n) is 9.77. The molecule has 0 saturated heterocycles. The lowest BCUT2D eigenvalue weighted by Crippen LogP contribution is -2.30. The van der Waals surface area contributed by atoms with E-state index in [1.165, 1.54) is 83.5 Å². The SMILES string of the molecule is CC/C=C\C/C=C\C/C=C\CCCCC(=O)OC(COC(=O)CCCCCCCCC/C=C\C/C=C\CC)COC(=O)CCCCCCCCCCCCCC. The van der Waals surface area contributed by atoms with Crippen LogP contribution in [-0.2, 0) is 28.6 Å². The van der Waals surface area contributed by atoms with Gasteiger partial charge < -0.3 is 14.2 Å². The average Bonchev–Trinajstić information content (AvgIpc) is 3.19. The Balaban J connectivity index is 4.43. The van der Waals surface area contributed by atoms with E-state index in [9.17, 15) is 14.4 Å². The standard InChI is InChI=1S/C50H86O6/c1-4-7-10-13-16-19-22-25-26-29-31-34-37-40-43-49(52)55-46-47(56-50(53)44-41-38-35-32-28-24-21-18-15-12-9-6-3)45-54-48(51)42-39-36-33-30-27-23-20-17-14-11-8-5-2/h7,9-10,12,16,18-19,21,28,32,47H,4-6,8,11,13-15,17,20,22-27,29-31,33-46H2,1-3H3/b10-7-,12-9-,19-16-,21-18-,32-28-. The second kappa shape index (κ2) is 44.8. The molecule has 0 aliphatic carbocycles.